The number of hydrogen-bond donors (Lipinski definition) is 2. The van der Waals surface area contributed by atoms with Gasteiger partial charge in [0.05, 0.1) is 12.1 Å². The number of ether oxygens (including phenoxy) is 1. The van der Waals surface area contributed by atoms with E-state index in [1.165, 1.54) is 0 Å². The molecule has 17 heavy (non-hydrogen) atoms. The van der Waals surface area contributed by atoms with Gasteiger partial charge in [-0.25, -0.2) is 4.99 Å². The molecule has 0 amide bonds. The number of guanidine groups is 1. The van der Waals surface area contributed by atoms with Crippen LogP contribution in [0.3, 0.4) is 0 Å². The SMILES string of the molecule is CC1CC(N=C(N)Nc2ccccc2)CCO1. The second kappa shape index (κ2) is 5.68. The summed E-state index contributed by atoms with van der Waals surface area (Å²) >= 11 is 0. The zero-order valence-corrected chi connectivity index (χ0v) is 10.1. The average molecular weight is 233 g/mol. The molecule has 1 saturated heterocycles. The summed E-state index contributed by atoms with van der Waals surface area (Å²) in [6.45, 7) is 2.84. The molecule has 3 N–H and O–H groups in total. The van der Waals surface area contributed by atoms with E-state index in [1.54, 1.807) is 0 Å². The van der Waals surface area contributed by atoms with Crippen molar-refractivity contribution in [3.05, 3.63) is 30.3 Å². The minimum atomic E-state index is 0.273. The second-order valence-corrected chi connectivity index (χ2v) is 4.36. The predicted octanol–water partition coefficient (Wildman–Crippen LogP) is 1.98. The summed E-state index contributed by atoms with van der Waals surface area (Å²) in [5.41, 5.74) is 6.85. The van der Waals surface area contributed by atoms with Crippen LogP contribution in [0.5, 0.6) is 0 Å². The first-order valence-electron chi connectivity index (χ1n) is 6.01. The minimum absolute atomic E-state index is 0.273. The maximum Gasteiger partial charge on any atom is 0.193 e. The molecular formula is C13H19N3O. The van der Waals surface area contributed by atoms with E-state index in [4.69, 9.17) is 10.5 Å². The molecule has 0 radical (unpaired) electrons. The van der Waals surface area contributed by atoms with Gasteiger partial charge < -0.3 is 15.8 Å². The number of hydrogen-bond acceptors (Lipinski definition) is 2. The van der Waals surface area contributed by atoms with Gasteiger partial charge in [0, 0.05) is 12.3 Å². The van der Waals surface area contributed by atoms with Crippen LogP contribution < -0.4 is 11.1 Å². The molecule has 4 nitrogen and oxygen atoms in total. The van der Waals surface area contributed by atoms with Gasteiger partial charge in [-0.15, -0.1) is 0 Å². The zero-order chi connectivity index (χ0) is 12.1. The van der Waals surface area contributed by atoms with Gasteiger partial charge in [-0.2, -0.15) is 0 Å². The molecule has 2 atom stereocenters. The molecular weight excluding hydrogens is 214 g/mol. The van der Waals surface area contributed by atoms with Gasteiger partial charge in [-0.3, -0.25) is 0 Å². The van der Waals surface area contributed by atoms with Gasteiger partial charge in [-0.05, 0) is 31.9 Å². The summed E-state index contributed by atoms with van der Waals surface area (Å²) < 4.78 is 5.48. The van der Waals surface area contributed by atoms with E-state index >= 15 is 0 Å². The molecule has 0 aromatic heterocycles. The maximum atomic E-state index is 5.88. The molecule has 1 aromatic rings. The summed E-state index contributed by atoms with van der Waals surface area (Å²) in [5.74, 6) is 0.482. The first-order valence-corrected chi connectivity index (χ1v) is 6.01. The lowest BCUT2D eigenvalue weighted by Crippen LogP contribution is -2.30. The highest BCUT2D eigenvalue weighted by molar-refractivity contribution is 5.92. The second-order valence-electron chi connectivity index (χ2n) is 4.36. The Bertz CT molecular complexity index is 378. The molecule has 1 aliphatic rings. The Kier molecular flexibility index (Phi) is 3.98. The van der Waals surface area contributed by atoms with Crippen LogP contribution in [0, 0.1) is 0 Å². The van der Waals surface area contributed by atoms with E-state index in [9.17, 15) is 0 Å². The third-order valence-electron chi connectivity index (χ3n) is 2.83. The van der Waals surface area contributed by atoms with Crippen LogP contribution in [0.1, 0.15) is 19.8 Å². The van der Waals surface area contributed by atoms with E-state index in [-0.39, 0.29) is 12.1 Å². The van der Waals surface area contributed by atoms with Crippen LogP contribution in [-0.2, 0) is 4.74 Å². The quantitative estimate of drug-likeness (QED) is 0.606. The van der Waals surface area contributed by atoms with E-state index in [1.807, 2.05) is 30.3 Å². The minimum Gasteiger partial charge on any atom is -0.378 e. The standard InChI is InChI=1S/C13H19N3O/c1-10-9-12(7-8-17-10)16-13(14)15-11-5-3-2-4-6-11/h2-6,10,12H,7-9H2,1H3,(H3,14,15,16). The zero-order valence-electron chi connectivity index (χ0n) is 10.1. The highest BCUT2D eigenvalue weighted by Crippen LogP contribution is 2.16. The fraction of sp³-hybridized carbons (Fsp3) is 0.462. The maximum absolute atomic E-state index is 5.88. The van der Waals surface area contributed by atoms with Crippen LogP contribution in [0.25, 0.3) is 0 Å². The Balaban J connectivity index is 1.92. The van der Waals surface area contributed by atoms with Gasteiger partial charge in [0.25, 0.3) is 0 Å². The Hall–Kier alpha value is -1.55. The van der Waals surface area contributed by atoms with Crippen LogP contribution in [0.2, 0.25) is 0 Å². The summed E-state index contributed by atoms with van der Waals surface area (Å²) in [6.07, 6.45) is 2.17. The Morgan fingerprint density at radius 2 is 2.18 bits per heavy atom. The first-order chi connectivity index (χ1) is 8.24. The Morgan fingerprint density at radius 3 is 2.88 bits per heavy atom. The summed E-state index contributed by atoms with van der Waals surface area (Å²) in [4.78, 5) is 4.48. The van der Waals surface area contributed by atoms with Crippen LogP contribution >= 0.6 is 0 Å². The smallest absolute Gasteiger partial charge is 0.193 e. The van der Waals surface area contributed by atoms with Gasteiger partial charge in [-0.1, -0.05) is 18.2 Å². The normalized spacial score (nSPS) is 25.6. The van der Waals surface area contributed by atoms with E-state index in [2.05, 4.69) is 17.2 Å². The van der Waals surface area contributed by atoms with E-state index in [0.717, 1.165) is 25.1 Å². The summed E-state index contributed by atoms with van der Waals surface area (Å²) in [7, 11) is 0. The third kappa shape index (κ3) is 3.75. The number of para-hydroxylation sites is 1. The number of nitrogens with two attached hydrogens (primary N) is 1. The molecule has 1 aromatic carbocycles. The lowest BCUT2D eigenvalue weighted by atomic mass is 10.1. The van der Waals surface area contributed by atoms with Crippen molar-refractivity contribution in [1.82, 2.24) is 0 Å². The lowest BCUT2D eigenvalue weighted by Gasteiger charge is -2.24. The van der Waals surface area contributed by atoms with Gasteiger partial charge >= 0.3 is 0 Å². The van der Waals surface area contributed by atoms with Gasteiger partial charge in [0.2, 0.25) is 0 Å². The molecule has 0 bridgehead atoms. The van der Waals surface area contributed by atoms with Crippen molar-refractivity contribution in [2.45, 2.75) is 31.9 Å². The van der Waals surface area contributed by atoms with Gasteiger partial charge in [0.1, 0.15) is 0 Å². The topological polar surface area (TPSA) is 59.6 Å². The van der Waals surface area contributed by atoms with E-state index in [0.29, 0.717) is 5.96 Å². The highest BCUT2D eigenvalue weighted by atomic mass is 16.5. The van der Waals surface area contributed by atoms with Crippen molar-refractivity contribution >= 4 is 11.6 Å². The largest absolute Gasteiger partial charge is 0.378 e. The molecule has 1 fully saturated rings. The molecule has 1 heterocycles. The molecule has 2 rings (SSSR count). The molecule has 0 aliphatic carbocycles. The van der Waals surface area contributed by atoms with Crippen molar-refractivity contribution < 1.29 is 4.74 Å². The molecule has 2 unspecified atom stereocenters. The number of anilines is 1. The van der Waals surface area contributed by atoms with E-state index < -0.39 is 0 Å². The van der Waals surface area contributed by atoms with Crippen LogP contribution in [-0.4, -0.2) is 24.7 Å². The molecule has 1 aliphatic heterocycles. The first kappa shape index (κ1) is 11.9. The fourth-order valence-corrected chi connectivity index (χ4v) is 1.99. The number of aliphatic imine (C=N–C) groups is 1. The van der Waals surface area contributed by atoms with Crippen molar-refractivity contribution in [3.63, 3.8) is 0 Å². The third-order valence-corrected chi connectivity index (χ3v) is 2.83. The van der Waals surface area contributed by atoms with Crippen molar-refractivity contribution in [2.75, 3.05) is 11.9 Å². The summed E-state index contributed by atoms with van der Waals surface area (Å²) in [6, 6.07) is 10.1. The van der Waals surface area contributed by atoms with Crippen LogP contribution in [0.4, 0.5) is 5.69 Å². The Labute approximate surface area is 102 Å². The molecule has 92 valence electrons. The van der Waals surface area contributed by atoms with Crippen LogP contribution in [0.15, 0.2) is 35.3 Å². The van der Waals surface area contributed by atoms with Crippen molar-refractivity contribution in [2.24, 2.45) is 10.7 Å². The Morgan fingerprint density at radius 1 is 1.41 bits per heavy atom. The van der Waals surface area contributed by atoms with Crippen molar-refractivity contribution in [3.8, 4) is 0 Å². The molecule has 4 heteroatoms. The molecule has 0 saturated carbocycles. The average Bonchev–Trinajstić information content (AvgIpc) is 2.30. The summed E-state index contributed by atoms with van der Waals surface area (Å²) in [5, 5.41) is 3.09. The fourth-order valence-electron chi connectivity index (χ4n) is 1.99. The monoisotopic (exact) mass is 233 g/mol. The number of nitrogens with zero attached hydrogens (tertiary/aromatic N) is 1. The number of nitrogens with one attached hydrogen (secondary N) is 1. The lowest BCUT2D eigenvalue weighted by molar-refractivity contribution is 0.0204. The number of rotatable bonds is 2. The highest BCUT2D eigenvalue weighted by Gasteiger charge is 2.18. The van der Waals surface area contributed by atoms with Gasteiger partial charge in [0.15, 0.2) is 5.96 Å². The predicted molar refractivity (Wildman–Crippen MR) is 70.1 cm³/mol. The number of benzene rings is 1. The molecule has 0 spiro atoms. The van der Waals surface area contributed by atoms with Crippen molar-refractivity contribution in [1.29, 1.82) is 0 Å².